The Morgan fingerprint density at radius 1 is 1.27 bits per heavy atom. The van der Waals surface area contributed by atoms with Crippen molar-refractivity contribution >= 4 is 18.2 Å². The second kappa shape index (κ2) is 6.59. The van der Waals surface area contributed by atoms with Crippen molar-refractivity contribution in [2.24, 2.45) is 0 Å². The van der Waals surface area contributed by atoms with Crippen molar-refractivity contribution in [1.82, 2.24) is 4.90 Å². The molecular formula is C19H16FNO5. The van der Waals surface area contributed by atoms with Crippen molar-refractivity contribution < 1.29 is 28.6 Å². The number of rotatable bonds is 6. The zero-order valence-corrected chi connectivity index (χ0v) is 13.9. The van der Waals surface area contributed by atoms with Crippen LogP contribution in [0.2, 0.25) is 0 Å². The summed E-state index contributed by atoms with van der Waals surface area (Å²) >= 11 is 0. The SMILES string of the molecule is COc1ccc(CN2C(=O)c3cc(F)ccc3C2(CC=O)C(=O)O)cc1. The van der Waals surface area contributed by atoms with Gasteiger partial charge in [-0.05, 0) is 29.8 Å². The number of hydrogen-bond acceptors (Lipinski definition) is 4. The van der Waals surface area contributed by atoms with Gasteiger partial charge in [0.2, 0.25) is 0 Å². The van der Waals surface area contributed by atoms with Gasteiger partial charge in [-0.3, -0.25) is 4.79 Å². The average molecular weight is 357 g/mol. The van der Waals surface area contributed by atoms with Crippen LogP contribution >= 0.6 is 0 Å². The maximum Gasteiger partial charge on any atom is 0.334 e. The van der Waals surface area contributed by atoms with Gasteiger partial charge >= 0.3 is 5.97 Å². The summed E-state index contributed by atoms with van der Waals surface area (Å²) in [6.07, 6.45) is 0.0315. The minimum Gasteiger partial charge on any atom is -0.497 e. The van der Waals surface area contributed by atoms with Gasteiger partial charge in [0.15, 0.2) is 5.54 Å². The second-order valence-corrected chi connectivity index (χ2v) is 5.97. The molecule has 0 saturated carbocycles. The molecule has 134 valence electrons. The predicted octanol–water partition coefficient (Wildman–Crippen LogP) is 2.36. The molecule has 1 aliphatic heterocycles. The zero-order valence-electron chi connectivity index (χ0n) is 13.9. The van der Waals surface area contributed by atoms with Crippen LogP contribution in [0.15, 0.2) is 42.5 Å². The first-order chi connectivity index (χ1) is 12.4. The van der Waals surface area contributed by atoms with Crippen LogP contribution in [-0.2, 0) is 21.7 Å². The molecule has 1 N–H and O–H groups in total. The molecule has 1 heterocycles. The summed E-state index contributed by atoms with van der Waals surface area (Å²) in [5.74, 6) is -1.99. The molecule has 0 bridgehead atoms. The molecule has 2 aromatic rings. The summed E-state index contributed by atoms with van der Waals surface area (Å²) in [4.78, 5) is 37.3. The average Bonchev–Trinajstić information content (AvgIpc) is 2.86. The molecule has 26 heavy (non-hydrogen) atoms. The Labute approximate surface area is 148 Å². The molecule has 0 spiro atoms. The van der Waals surface area contributed by atoms with E-state index in [0.29, 0.717) is 17.6 Å². The van der Waals surface area contributed by atoms with Gasteiger partial charge in [-0.1, -0.05) is 18.2 Å². The molecule has 3 rings (SSSR count). The lowest BCUT2D eigenvalue weighted by molar-refractivity contribution is -0.152. The first kappa shape index (κ1) is 17.6. The number of carbonyl (C=O) groups is 3. The zero-order chi connectivity index (χ0) is 18.9. The third-order valence-corrected chi connectivity index (χ3v) is 4.60. The van der Waals surface area contributed by atoms with E-state index in [0.717, 1.165) is 17.0 Å². The number of hydrogen-bond donors (Lipinski definition) is 1. The van der Waals surface area contributed by atoms with Gasteiger partial charge in [-0.25, -0.2) is 9.18 Å². The van der Waals surface area contributed by atoms with Crippen molar-refractivity contribution in [1.29, 1.82) is 0 Å². The summed E-state index contributed by atoms with van der Waals surface area (Å²) in [5.41, 5.74) is -1.12. The highest BCUT2D eigenvalue weighted by Gasteiger charge is 2.55. The van der Waals surface area contributed by atoms with Gasteiger partial charge < -0.3 is 19.5 Å². The van der Waals surface area contributed by atoms with Crippen LogP contribution in [-0.4, -0.2) is 35.3 Å². The van der Waals surface area contributed by atoms with E-state index in [2.05, 4.69) is 0 Å². The van der Waals surface area contributed by atoms with Gasteiger partial charge in [-0.2, -0.15) is 0 Å². The molecule has 1 atom stereocenters. The van der Waals surface area contributed by atoms with Gasteiger partial charge in [0, 0.05) is 24.1 Å². The number of ether oxygens (including phenoxy) is 1. The molecule has 1 unspecified atom stereocenters. The largest absolute Gasteiger partial charge is 0.497 e. The number of carboxylic acids is 1. The van der Waals surface area contributed by atoms with Gasteiger partial charge in [0.1, 0.15) is 17.9 Å². The number of halogens is 1. The first-order valence-electron chi connectivity index (χ1n) is 7.86. The van der Waals surface area contributed by atoms with E-state index < -0.39 is 29.7 Å². The highest BCUT2D eigenvalue weighted by atomic mass is 19.1. The lowest BCUT2D eigenvalue weighted by Crippen LogP contribution is -2.49. The number of carboxylic acid groups (broad SMARTS) is 1. The predicted molar refractivity (Wildman–Crippen MR) is 89.3 cm³/mol. The molecule has 0 aliphatic carbocycles. The Kier molecular flexibility index (Phi) is 4.46. The summed E-state index contributed by atoms with van der Waals surface area (Å²) in [5, 5.41) is 9.89. The number of amides is 1. The molecule has 0 aromatic heterocycles. The van der Waals surface area contributed by atoms with Gasteiger partial charge in [0.25, 0.3) is 5.91 Å². The van der Waals surface area contributed by atoms with Crippen molar-refractivity contribution in [3.05, 3.63) is 65.0 Å². The Bertz CT molecular complexity index is 880. The number of fused-ring (bicyclic) bond motifs is 1. The monoisotopic (exact) mass is 357 g/mol. The maximum absolute atomic E-state index is 13.6. The fourth-order valence-corrected chi connectivity index (χ4v) is 3.30. The summed E-state index contributed by atoms with van der Waals surface area (Å²) < 4.78 is 18.7. The Balaban J connectivity index is 2.10. The fraction of sp³-hybridized carbons (Fsp3) is 0.211. The van der Waals surface area contributed by atoms with Crippen molar-refractivity contribution in [3.63, 3.8) is 0 Å². The van der Waals surface area contributed by atoms with Gasteiger partial charge in [-0.15, -0.1) is 0 Å². The van der Waals surface area contributed by atoms with Crippen LogP contribution in [0.5, 0.6) is 5.75 Å². The van der Waals surface area contributed by atoms with E-state index in [1.54, 1.807) is 24.3 Å². The van der Waals surface area contributed by atoms with E-state index in [1.165, 1.54) is 13.2 Å². The number of aldehydes is 1. The number of methoxy groups -OCH3 is 1. The summed E-state index contributed by atoms with van der Waals surface area (Å²) in [6, 6.07) is 10.1. The Hall–Kier alpha value is -3.22. The normalized spacial score (nSPS) is 18.5. The topological polar surface area (TPSA) is 83.9 Å². The van der Waals surface area contributed by atoms with Crippen molar-refractivity contribution in [2.45, 2.75) is 18.5 Å². The third-order valence-electron chi connectivity index (χ3n) is 4.60. The Morgan fingerprint density at radius 2 is 1.96 bits per heavy atom. The summed E-state index contributed by atoms with van der Waals surface area (Å²) in [7, 11) is 1.52. The molecule has 7 heteroatoms. The van der Waals surface area contributed by atoms with E-state index in [1.807, 2.05) is 0 Å². The number of nitrogens with zero attached hydrogens (tertiary/aromatic N) is 1. The van der Waals surface area contributed by atoms with Crippen LogP contribution in [0.25, 0.3) is 0 Å². The molecule has 0 radical (unpaired) electrons. The van der Waals surface area contributed by atoms with Crippen LogP contribution in [0, 0.1) is 5.82 Å². The molecule has 6 nitrogen and oxygen atoms in total. The Morgan fingerprint density at radius 3 is 2.54 bits per heavy atom. The number of aliphatic carboxylic acids is 1. The van der Waals surface area contributed by atoms with E-state index in [-0.39, 0.29) is 17.7 Å². The molecule has 1 amide bonds. The third kappa shape index (κ3) is 2.61. The lowest BCUT2D eigenvalue weighted by Gasteiger charge is -2.34. The van der Waals surface area contributed by atoms with E-state index in [9.17, 15) is 23.9 Å². The van der Waals surface area contributed by atoms with Crippen LogP contribution in [0.4, 0.5) is 4.39 Å². The molecule has 0 saturated heterocycles. The lowest BCUT2D eigenvalue weighted by atomic mass is 9.86. The summed E-state index contributed by atoms with van der Waals surface area (Å²) in [6.45, 7) is -0.0424. The second-order valence-electron chi connectivity index (χ2n) is 5.97. The maximum atomic E-state index is 13.6. The quantitative estimate of drug-likeness (QED) is 0.803. The highest BCUT2D eigenvalue weighted by molar-refractivity contribution is 6.06. The molecule has 0 fully saturated rings. The van der Waals surface area contributed by atoms with Crippen molar-refractivity contribution in [2.75, 3.05) is 7.11 Å². The van der Waals surface area contributed by atoms with Crippen LogP contribution < -0.4 is 4.74 Å². The van der Waals surface area contributed by atoms with Gasteiger partial charge in [0.05, 0.1) is 7.11 Å². The molecular weight excluding hydrogens is 341 g/mol. The van der Waals surface area contributed by atoms with Crippen LogP contribution in [0.1, 0.15) is 27.9 Å². The van der Waals surface area contributed by atoms with E-state index >= 15 is 0 Å². The standard InChI is InChI=1S/C19H16FNO5/c1-26-14-5-2-12(3-6-14)11-21-17(23)15-10-13(20)4-7-16(15)19(21,8-9-22)18(24)25/h2-7,9-10H,8,11H2,1H3,(H,24,25). The molecule has 2 aromatic carbocycles. The van der Waals surface area contributed by atoms with Crippen LogP contribution in [0.3, 0.4) is 0 Å². The number of benzene rings is 2. The highest BCUT2D eigenvalue weighted by Crippen LogP contribution is 2.43. The fourth-order valence-electron chi connectivity index (χ4n) is 3.30. The minimum absolute atomic E-state index is 0.0391. The smallest absolute Gasteiger partial charge is 0.334 e. The first-order valence-corrected chi connectivity index (χ1v) is 7.86. The molecule has 1 aliphatic rings. The number of carbonyl (C=O) groups excluding carboxylic acids is 2. The van der Waals surface area contributed by atoms with E-state index in [4.69, 9.17) is 4.74 Å². The van der Waals surface area contributed by atoms with Crippen molar-refractivity contribution in [3.8, 4) is 5.75 Å². The minimum atomic E-state index is -1.86.